The van der Waals surface area contributed by atoms with Crippen LogP contribution < -0.4 is 11.1 Å². The Morgan fingerprint density at radius 3 is 2.61 bits per heavy atom. The quantitative estimate of drug-likeness (QED) is 0.700. The first-order chi connectivity index (χ1) is 8.51. The molecule has 0 bridgehead atoms. The van der Waals surface area contributed by atoms with Gasteiger partial charge in [0.05, 0.1) is 0 Å². The lowest BCUT2D eigenvalue weighted by atomic mass is 9.91. The fourth-order valence-electron chi connectivity index (χ4n) is 2.83. The second-order valence-corrected chi connectivity index (χ2v) is 5.67. The molecule has 0 aromatic rings. The molecule has 3 N–H and O–H groups in total. The van der Waals surface area contributed by atoms with E-state index >= 15 is 0 Å². The fraction of sp³-hybridized carbons (Fsp3) is 0.846. The highest BCUT2D eigenvalue weighted by Gasteiger charge is 2.57. The lowest BCUT2D eigenvalue weighted by Crippen LogP contribution is -2.50. The van der Waals surface area contributed by atoms with Gasteiger partial charge in [0.15, 0.2) is 0 Å². The largest absolute Gasteiger partial charge is 0.358 e. The van der Waals surface area contributed by atoms with Crippen LogP contribution in [-0.2, 0) is 9.59 Å². The number of nitrogens with zero attached hydrogens (tertiary/aromatic N) is 1. The summed E-state index contributed by atoms with van der Waals surface area (Å²) < 4.78 is 0. The van der Waals surface area contributed by atoms with Gasteiger partial charge >= 0.3 is 0 Å². The minimum absolute atomic E-state index is 0.00667. The lowest BCUT2D eigenvalue weighted by molar-refractivity contribution is -0.145. The molecule has 102 valence electrons. The Morgan fingerprint density at radius 1 is 1.44 bits per heavy atom. The number of hydrogen-bond acceptors (Lipinski definition) is 3. The van der Waals surface area contributed by atoms with Crippen LogP contribution in [0.15, 0.2) is 0 Å². The van der Waals surface area contributed by atoms with E-state index in [1.165, 1.54) is 0 Å². The van der Waals surface area contributed by atoms with Crippen LogP contribution in [0.3, 0.4) is 0 Å². The van der Waals surface area contributed by atoms with Crippen LogP contribution in [0.25, 0.3) is 0 Å². The Balaban J connectivity index is 2.03. The summed E-state index contributed by atoms with van der Waals surface area (Å²) in [6, 6.07) is 0.107. The topological polar surface area (TPSA) is 75.4 Å². The third-order valence-electron chi connectivity index (χ3n) is 4.31. The molecule has 0 radical (unpaired) electrons. The molecule has 2 fully saturated rings. The molecule has 2 atom stereocenters. The molecule has 0 aromatic heterocycles. The Hall–Kier alpha value is -1.10. The number of piperidine rings is 1. The second-order valence-electron chi connectivity index (χ2n) is 5.67. The molecular weight excluding hydrogens is 230 g/mol. The molecule has 0 aromatic carbocycles. The van der Waals surface area contributed by atoms with Crippen molar-refractivity contribution in [1.82, 2.24) is 10.2 Å². The molecule has 1 heterocycles. The highest BCUT2D eigenvalue weighted by Crippen LogP contribution is 2.47. The van der Waals surface area contributed by atoms with Gasteiger partial charge in [-0.25, -0.2) is 0 Å². The first kappa shape index (κ1) is 13.3. The predicted octanol–water partition coefficient (Wildman–Crippen LogP) is 0.0984. The van der Waals surface area contributed by atoms with Gasteiger partial charge < -0.3 is 16.0 Å². The molecule has 18 heavy (non-hydrogen) atoms. The van der Waals surface area contributed by atoms with Gasteiger partial charge in [-0.15, -0.1) is 0 Å². The van der Waals surface area contributed by atoms with E-state index in [1.54, 1.807) is 7.05 Å². The summed E-state index contributed by atoms with van der Waals surface area (Å²) in [5.41, 5.74) is 5.17. The van der Waals surface area contributed by atoms with Crippen LogP contribution in [0.2, 0.25) is 0 Å². The Bertz CT molecular complexity index is 350. The summed E-state index contributed by atoms with van der Waals surface area (Å²) in [6.45, 7) is 3.46. The number of carbonyl (C=O) groups excluding carboxylic acids is 2. The van der Waals surface area contributed by atoms with Crippen molar-refractivity contribution >= 4 is 11.8 Å². The molecule has 0 spiro atoms. The summed E-state index contributed by atoms with van der Waals surface area (Å²) in [5, 5.41) is 2.61. The van der Waals surface area contributed by atoms with Gasteiger partial charge in [-0.1, -0.05) is 0 Å². The van der Waals surface area contributed by atoms with E-state index in [0.29, 0.717) is 25.3 Å². The van der Waals surface area contributed by atoms with Crippen molar-refractivity contribution in [3.63, 3.8) is 0 Å². The van der Waals surface area contributed by atoms with E-state index in [0.717, 1.165) is 19.4 Å². The van der Waals surface area contributed by atoms with Crippen molar-refractivity contribution in [1.29, 1.82) is 0 Å². The number of hydrogen-bond donors (Lipinski definition) is 2. The van der Waals surface area contributed by atoms with Crippen LogP contribution >= 0.6 is 0 Å². The SMILES string of the molecule is CNC(=O)C1(C(=O)N2CCC[C@@H]([C@@H](C)N)C2)CC1. The number of amides is 2. The van der Waals surface area contributed by atoms with Gasteiger partial charge in [-0.2, -0.15) is 0 Å². The number of carbonyl (C=O) groups is 2. The maximum absolute atomic E-state index is 12.5. The van der Waals surface area contributed by atoms with Crippen LogP contribution in [0.4, 0.5) is 0 Å². The van der Waals surface area contributed by atoms with Crippen molar-refractivity contribution < 1.29 is 9.59 Å². The van der Waals surface area contributed by atoms with Gasteiger partial charge in [0.2, 0.25) is 11.8 Å². The number of likely N-dealkylation sites (tertiary alicyclic amines) is 1. The second kappa shape index (κ2) is 4.88. The fourth-order valence-corrected chi connectivity index (χ4v) is 2.83. The standard InChI is InChI=1S/C13H23N3O2/c1-9(14)10-4-3-7-16(8-10)12(18)13(5-6-13)11(17)15-2/h9-10H,3-8,14H2,1-2H3,(H,15,17)/t9-,10-/m1/s1. The van der Waals surface area contributed by atoms with E-state index < -0.39 is 5.41 Å². The molecule has 1 aliphatic heterocycles. The summed E-state index contributed by atoms with van der Waals surface area (Å²) in [7, 11) is 1.59. The Labute approximate surface area is 108 Å². The molecule has 2 amide bonds. The Kier molecular flexibility index (Phi) is 3.61. The van der Waals surface area contributed by atoms with Crippen molar-refractivity contribution in [2.45, 2.75) is 38.6 Å². The molecule has 0 unspecified atom stereocenters. The van der Waals surface area contributed by atoms with E-state index in [2.05, 4.69) is 5.32 Å². The predicted molar refractivity (Wildman–Crippen MR) is 68.7 cm³/mol. The smallest absolute Gasteiger partial charge is 0.238 e. The number of nitrogens with two attached hydrogens (primary N) is 1. The summed E-state index contributed by atoms with van der Waals surface area (Å²) in [6.07, 6.45) is 3.44. The summed E-state index contributed by atoms with van der Waals surface area (Å²) in [4.78, 5) is 26.1. The van der Waals surface area contributed by atoms with E-state index in [-0.39, 0.29) is 17.9 Å². The van der Waals surface area contributed by atoms with E-state index in [9.17, 15) is 9.59 Å². The zero-order chi connectivity index (χ0) is 13.3. The highest BCUT2D eigenvalue weighted by atomic mass is 16.2. The van der Waals surface area contributed by atoms with E-state index in [4.69, 9.17) is 5.73 Å². The van der Waals surface area contributed by atoms with Gasteiger partial charge in [-0.3, -0.25) is 9.59 Å². The van der Waals surface area contributed by atoms with Gasteiger partial charge in [0.25, 0.3) is 0 Å². The minimum Gasteiger partial charge on any atom is -0.358 e. The minimum atomic E-state index is -0.755. The van der Waals surface area contributed by atoms with Crippen LogP contribution in [0.5, 0.6) is 0 Å². The molecule has 1 saturated heterocycles. The molecular formula is C13H23N3O2. The molecule has 2 rings (SSSR count). The molecule has 5 heteroatoms. The number of nitrogens with one attached hydrogen (secondary N) is 1. The van der Waals surface area contributed by atoms with Crippen LogP contribution in [0, 0.1) is 11.3 Å². The molecule has 1 saturated carbocycles. The highest BCUT2D eigenvalue weighted by molar-refractivity contribution is 6.07. The third kappa shape index (κ3) is 2.23. The average molecular weight is 253 g/mol. The number of rotatable bonds is 3. The van der Waals surface area contributed by atoms with Crippen molar-refractivity contribution in [3.8, 4) is 0 Å². The monoisotopic (exact) mass is 253 g/mol. The zero-order valence-electron chi connectivity index (χ0n) is 11.2. The van der Waals surface area contributed by atoms with Crippen molar-refractivity contribution in [3.05, 3.63) is 0 Å². The van der Waals surface area contributed by atoms with Gasteiger partial charge in [0, 0.05) is 26.2 Å². The van der Waals surface area contributed by atoms with Gasteiger partial charge in [-0.05, 0) is 38.5 Å². The zero-order valence-corrected chi connectivity index (χ0v) is 11.2. The first-order valence-electron chi connectivity index (χ1n) is 6.78. The van der Waals surface area contributed by atoms with Gasteiger partial charge in [0.1, 0.15) is 5.41 Å². The molecule has 2 aliphatic rings. The third-order valence-corrected chi connectivity index (χ3v) is 4.31. The average Bonchev–Trinajstić information content (AvgIpc) is 3.18. The maximum atomic E-state index is 12.5. The van der Waals surface area contributed by atoms with E-state index in [1.807, 2.05) is 11.8 Å². The summed E-state index contributed by atoms with van der Waals surface area (Å²) >= 11 is 0. The molecule has 5 nitrogen and oxygen atoms in total. The van der Waals surface area contributed by atoms with Crippen molar-refractivity contribution in [2.75, 3.05) is 20.1 Å². The lowest BCUT2D eigenvalue weighted by Gasteiger charge is -2.36. The maximum Gasteiger partial charge on any atom is 0.238 e. The van der Waals surface area contributed by atoms with Crippen molar-refractivity contribution in [2.24, 2.45) is 17.1 Å². The van der Waals surface area contributed by atoms with Crippen LogP contribution in [0.1, 0.15) is 32.6 Å². The first-order valence-corrected chi connectivity index (χ1v) is 6.78. The normalized spacial score (nSPS) is 27.5. The molecule has 1 aliphatic carbocycles. The Morgan fingerprint density at radius 2 is 2.11 bits per heavy atom. The van der Waals surface area contributed by atoms with Crippen LogP contribution in [-0.4, -0.2) is 42.9 Å². The summed E-state index contributed by atoms with van der Waals surface area (Å²) in [5.74, 6) is 0.241.